The van der Waals surface area contributed by atoms with Gasteiger partial charge < -0.3 is 0 Å². The molecule has 0 aliphatic heterocycles. The van der Waals surface area contributed by atoms with E-state index in [-0.39, 0.29) is 5.78 Å². The lowest BCUT2D eigenvalue weighted by molar-refractivity contribution is 0.0988. The van der Waals surface area contributed by atoms with Crippen molar-refractivity contribution in [2.24, 2.45) is 0 Å². The number of carbonyl (C=O) groups is 1. The van der Waals surface area contributed by atoms with Crippen molar-refractivity contribution in [1.82, 2.24) is 0 Å². The topological polar surface area (TPSA) is 17.1 Å². The molecular formula is C21H16F2O. The summed E-state index contributed by atoms with van der Waals surface area (Å²) in [5.41, 5.74) is 2.61. The molecule has 3 rings (SSSR count). The van der Waals surface area contributed by atoms with E-state index < -0.39 is 11.6 Å². The summed E-state index contributed by atoms with van der Waals surface area (Å²) in [7, 11) is 0. The molecule has 24 heavy (non-hydrogen) atoms. The second kappa shape index (κ2) is 6.36. The van der Waals surface area contributed by atoms with Crippen LogP contribution in [-0.2, 0) is 0 Å². The number of ketones is 1. The van der Waals surface area contributed by atoms with E-state index in [0.29, 0.717) is 39.8 Å². The Morgan fingerprint density at radius 3 is 2.46 bits per heavy atom. The highest BCUT2D eigenvalue weighted by Gasteiger charge is 2.20. The zero-order chi connectivity index (χ0) is 17.3. The van der Waals surface area contributed by atoms with Gasteiger partial charge in [0.25, 0.3) is 0 Å². The van der Waals surface area contributed by atoms with E-state index in [2.05, 4.69) is 6.58 Å². The van der Waals surface area contributed by atoms with Gasteiger partial charge in [0.05, 0.1) is 0 Å². The van der Waals surface area contributed by atoms with E-state index in [9.17, 15) is 13.6 Å². The minimum absolute atomic E-state index is 0.0434. The van der Waals surface area contributed by atoms with Crippen LogP contribution in [0.2, 0.25) is 0 Å². The highest BCUT2D eigenvalue weighted by atomic mass is 19.1. The molecule has 0 spiro atoms. The standard InChI is InChI=1S/C21H16F2O/c1-3-21(24)14-8-9-16-18(12-14)17(10-13(2)11-20(16)23)15-6-4-5-7-19(15)22/h4-12H,2-3H2,1H3. The van der Waals surface area contributed by atoms with E-state index >= 15 is 0 Å². The predicted octanol–water partition coefficient (Wildman–Crippen LogP) is 5.73. The van der Waals surface area contributed by atoms with Crippen molar-refractivity contribution in [2.75, 3.05) is 0 Å². The first-order valence-electron chi connectivity index (χ1n) is 7.72. The fraction of sp³-hybridized carbons (Fsp3) is 0.0952. The van der Waals surface area contributed by atoms with Crippen LogP contribution in [0.5, 0.6) is 0 Å². The normalized spacial score (nSPS) is 13.7. The third-order valence-corrected chi connectivity index (χ3v) is 4.02. The van der Waals surface area contributed by atoms with Crippen molar-refractivity contribution in [3.8, 4) is 0 Å². The first-order valence-corrected chi connectivity index (χ1v) is 7.72. The van der Waals surface area contributed by atoms with Crippen LogP contribution in [0.3, 0.4) is 0 Å². The number of halogens is 2. The predicted molar refractivity (Wildman–Crippen MR) is 92.8 cm³/mol. The van der Waals surface area contributed by atoms with E-state index in [1.165, 1.54) is 12.1 Å². The van der Waals surface area contributed by atoms with Crippen LogP contribution in [0.15, 0.2) is 66.8 Å². The molecule has 0 saturated carbocycles. The number of hydrogen-bond donors (Lipinski definition) is 0. The van der Waals surface area contributed by atoms with Crippen molar-refractivity contribution in [3.63, 3.8) is 0 Å². The van der Waals surface area contributed by atoms with Gasteiger partial charge in [-0.25, -0.2) is 8.78 Å². The molecule has 0 unspecified atom stereocenters. The first kappa shape index (κ1) is 16.1. The zero-order valence-electron chi connectivity index (χ0n) is 13.3. The Morgan fingerprint density at radius 1 is 1.00 bits per heavy atom. The fourth-order valence-corrected chi connectivity index (χ4v) is 2.80. The summed E-state index contributed by atoms with van der Waals surface area (Å²) in [6, 6.07) is 11.1. The average molecular weight is 322 g/mol. The molecule has 0 amide bonds. The van der Waals surface area contributed by atoms with Crippen molar-refractivity contribution < 1.29 is 13.6 Å². The van der Waals surface area contributed by atoms with Gasteiger partial charge in [-0.2, -0.15) is 0 Å². The second-order valence-corrected chi connectivity index (χ2v) is 5.64. The lowest BCUT2D eigenvalue weighted by atomic mass is 9.91. The molecule has 0 heterocycles. The maximum atomic E-state index is 14.5. The minimum Gasteiger partial charge on any atom is -0.294 e. The Balaban J connectivity index is 2.29. The van der Waals surface area contributed by atoms with Crippen LogP contribution < -0.4 is 0 Å². The molecule has 2 aromatic rings. The summed E-state index contributed by atoms with van der Waals surface area (Å²) < 4.78 is 28.8. The van der Waals surface area contributed by atoms with Gasteiger partial charge in [0, 0.05) is 23.1 Å². The number of carbonyl (C=O) groups excluding carboxylic acids is 1. The summed E-state index contributed by atoms with van der Waals surface area (Å²) in [6.07, 6.45) is 3.31. The summed E-state index contributed by atoms with van der Waals surface area (Å²) in [5.74, 6) is -0.900. The van der Waals surface area contributed by atoms with Gasteiger partial charge in [0.1, 0.15) is 11.6 Å². The second-order valence-electron chi connectivity index (χ2n) is 5.64. The van der Waals surface area contributed by atoms with Gasteiger partial charge in [-0.05, 0) is 41.0 Å². The fourth-order valence-electron chi connectivity index (χ4n) is 2.80. The smallest absolute Gasteiger partial charge is 0.162 e. The van der Waals surface area contributed by atoms with E-state index in [0.717, 1.165) is 0 Å². The largest absolute Gasteiger partial charge is 0.294 e. The third kappa shape index (κ3) is 2.85. The summed E-state index contributed by atoms with van der Waals surface area (Å²) in [6.45, 7) is 5.57. The first-order chi connectivity index (χ1) is 11.5. The van der Waals surface area contributed by atoms with Crippen LogP contribution >= 0.6 is 0 Å². The van der Waals surface area contributed by atoms with E-state index in [1.807, 2.05) is 0 Å². The summed E-state index contributed by atoms with van der Waals surface area (Å²) >= 11 is 0. The van der Waals surface area contributed by atoms with Crippen molar-refractivity contribution in [2.45, 2.75) is 13.3 Å². The lowest BCUT2D eigenvalue weighted by Crippen LogP contribution is -2.01. The Kier molecular flexibility index (Phi) is 4.26. The maximum Gasteiger partial charge on any atom is 0.162 e. The Labute approximate surface area is 139 Å². The van der Waals surface area contributed by atoms with Gasteiger partial charge in [0.15, 0.2) is 5.78 Å². The highest BCUT2D eigenvalue weighted by Crippen LogP contribution is 2.36. The van der Waals surface area contributed by atoms with Gasteiger partial charge in [-0.15, -0.1) is 0 Å². The molecule has 0 atom stereocenters. The van der Waals surface area contributed by atoms with Crippen LogP contribution in [0.1, 0.15) is 40.4 Å². The molecule has 0 aromatic heterocycles. The number of allylic oxidation sites excluding steroid dienone is 3. The van der Waals surface area contributed by atoms with Crippen LogP contribution in [0, 0.1) is 5.82 Å². The number of Topliss-reactive ketones (excluding diaryl/α,β-unsaturated/α-hetero) is 1. The Hall–Kier alpha value is -2.81. The molecule has 0 N–H and O–H groups in total. The number of benzene rings is 2. The van der Waals surface area contributed by atoms with Gasteiger partial charge in [-0.3, -0.25) is 4.79 Å². The molecule has 1 aliphatic rings. The lowest BCUT2D eigenvalue weighted by Gasteiger charge is -2.13. The molecule has 3 heteroatoms. The Morgan fingerprint density at radius 2 is 1.75 bits per heavy atom. The molecule has 0 saturated heterocycles. The summed E-state index contributed by atoms with van der Waals surface area (Å²) in [4.78, 5) is 12.0. The molecular weight excluding hydrogens is 306 g/mol. The van der Waals surface area contributed by atoms with Gasteiger partial charge >= 0.3 is 0 Å². The van der Waals surface area contributed by atoms with Crippen molar-refractivity contribution in [3.05, 3.63) is 94.8 Å². The molecule has 1 aliphatic carbocycles. The van der Waals surface area contributed by atoms with Gasteiger partial charge in [0.2, 0.25) is 0 Å². The highest BCUT2D eigenvalue weighted by molar-refractivity contribution is 5.99. The quantitative estimate of drug-likeness (QED) is 0.659. The number of rotatable bonds is 3. The van der Waals surface area contributed by atoms with Crippen LogP contribution in [-0.4, -0.2) is 5.78 Å². The van der Waals surface area contributed by atoms with Crippen LogP contribution in [0.4, 0.5) is 8.78 Å². The van der Waals surface area contributed by atoms with Crippen LogP contribution in [0.25, 0.3) is 11.4 Å². The molecule has 120 valence electrons. The minimum atomic E-state index is -0.451. The SMILES string of the molecule is C=C1C=C(F)c2ccc(C(=O)CC)cc2C(c2ccccc2F)=C1. The maximum absolute atomic E-state index is 14.5. The molecule has 2 aromatic carbocycles. The monoisotopic (exact) mass is 322 g/mol. The van der Waals surface area contributed by atoms with Gasteiger partial charge in [-0.1, -0.05) is 43.8 Å². The van der Waals surface area contributed by atoms with E-state index in [1.54, 1.807) is 49.4 Å². The summed E-state index contributed by atoms with van der Waals surface area (Å²) in [5, 5.41) is 0. The zero-order valence-corrected chi connectivity index (χ0v) is 13.3. The number of fused-ring (bicyclic) bond motifs is 1. The third-order valence-electron chi connectivity index (χ3n) is 4.02. The molecule has 0 radical (unpaired) electrons. The molecule has 1 nitrogen and oxygen atoms in total. The Bertz CT molecular complexity index is 904. The van der Waals surface area contributed by atoms with E-state index in [4.69, 9.17) is 0 Å². The van der Waals surface area contributed by atoms with Crippen molar-refractivity contribution in [1.29, 1.82) is 0 Å². The molecule has 0 bridgehead atoms. The molecule has 0 fully saturated rings. The average Bonchev–Trinajstić information content (AvgIpc) is 2.70. The van der Waals surface area contributed by atoms with Crippen molar-refractivity contribution >= 4 is 17.2 Å². The number of hydrogen-bond acceptors (Lipinski definition) is 1.